The zero-order chi connectivity index (χ0) is 10.8. The molecule has 4 heteroatoms. The number of aliphatic hydroxyl groups excluding tert-OH is 1. The summed E-state index contributed by atoms with van der Waals surface area (Å²) in [5.41, 5.74) is 0. The zero-order valence-corrected chi connectivity index (χ0v) is 9.93. The summed E-state index contributed by atoms with van der Waals surface area (Å²) >= 11 is 1.66. The summed E-state index contributed by atoms with van der Waals surface area (Å²) in [7, 11) is 0. The lowest BCUT2D eigenvalue weighted by molar-refractivity contribution is -0.127. The highest BCUT2D eigenvalue weighted by molar-refractivity contribution is 8.01. The lowest BCUT2D eigenvalue weighted by Crippen LogP contribution is -2.32. The summed E-state index contributed by atoms with van der Waals surface area (Å²) in [6.07, 6.45) is 0.421. The van der Waals surface area contributed by atoms with E-state index in [1.54, 1.807) is 16.7 Å². The molecule has 1 aliphatic heterocycles. The van der Waals surface area contributed by atoms with Crippen LogP contribution in [0.1, 0.15) is 27.2 Å². The molecule has 1 N–H and O–H groups in total. The molecule has 0 unspecified atom stereocenters. The summed E-state index contributed by atoms with van der Waals surface area (Å²) < 4.78 is 0.133. The Morgan fingerprint density at radius 3 is 2.64 bits per heavy atom. The van der Waals surface area contributed by atoms with Crippen molar-refractivity contribution in [3.05, 3.63) is 0 Å². The van der Waals surface area contributed by atoms with Crippen molar-refractivity contribution in [2.75, 3.05) is 18.8 Å². The van der Waals surface area contributed by atoms with Crippen molar-refractivity contribution in [2.24, 2.45) is 0 Å². The van der Waals surface area contributed by atoms with Gasteiger partial charge < -0.3 is 10.0 Å². The van der Waals surface area contributed by atoms with Crippen LogP contribution >= 0.6 is 11.8 Å². The quantitative estimate of drug-likeness (QED) is 0.753. The van der Waals surface area contributed by atoms with Crippen molar-refractivity contribution in [3.8, 4) is 0 Å². The maximum absolute atomic E-state index is 11.6. The second-order valence-electron chi connectivity index (χ2n) is 4.68. The molecule has 1 atom stereocenters. The fourth-order valence-electron chi connectivity index (χ4n) is 1.34. The maximum Gasteiger partial charge on any atom is 0.232 e. The molecule has 0 aromatic rings. The van der Waals surface area contributed by atoms with Gasteiger partial charge in [-0.15, -0.1) is 11.8 Å². The van der Waals surface area contributed by atoms with Gasteiger partial charge in [0.15, 0.2) is 0 Å². The Hall–Kier alpha value is -0.220. The molecule has 0 bridgehead atoms. The Balaban J connectivity index is 2.29. The Bertz CT molecular complexity index is 213. The van der Waals surface area contributed by atoms with E-state index in [0.717, 1.165) is 6.42 Å². The van der Waals surface area contributed by atoms with Crippen molar-refractivity contribution >= 4 is 17.7 Å². The number of carbonyl (C=O) groups excluding carboxylic acids is 1. The molecule has 3 nitrogen and oxygen atoms in total. The Morgan fingerprint density at radius 1 is 1.57 bits per heavy atom. The first-order chi connectivity index (χ1) is 6.38. The maximum atomic E-state index is 11.6. The number of hydrogen-bond donors (Lipinski definition) is 1. The molecule has 1 heterocycles. The van der Waals surface area contributed by atoms with Crippen LogP contribution in [0.25, 0.3) is 0 Å². The van der Waals surface area contributed by atoms with Gasteiger partial charge in [0.2, 0.25) is 5.91 Å². The number of nitrogens with zero attached hydrogens (tertiary/aromatic N) is 1. The van der Waals surface area contributed by atoms with Gasteiger partial charge >= 0.3 is 0 Å². The van der Waals surface area contributed by atoms with Gasteiger partial charge in [0.1, 0.15) is 0 Å². The standard InChI is InChI=1S/C10H19NO2S/c1-10(2,3)14-7-9(13)11-5-4-8(12)6-11/h8,12H,4-7H2,1-3H3/t8-/m1/s1. The van der Waals surface area contributed by atoms with Crippen molar-refractivity contribution in [3.63, 3.8) is 0 Å². The number of carbonyl (C=O) groups is 1. The second-order valence-corrected chi connectivity index (χ2v) is 6.49. The molecule has 0 aliphatic carbocycles. The average Bonchev–Trinajstić information content (AvgIpc) is 2.46. The Labute approximate surface area is 89.9 Å². The normalized spacial score (nSPS) is 22.9. The molecule has 1 saturated heterocycles. The van der Waals surface area contributed by atoms with Crippen LogP contribution in [0.15, 0.2) is 0 Å². The minimum atomic E-state index is -0.307. The summed E-state index contributed by atoms with van der Waals surface area (Å²) in [6.45, 7) is 7.53. The van der Waals surface area contributed by atoms with Gasteiger partial charge in [0, 0.05) is 17.8 Å². The SMILES string of the molecule is CC(C)(C)SCC(=O)N1CC[C@@H](O)C1. The van der Waals surface area contributed by atoms with Gasteiger partial charge in [-0.25, -0.2) is 0 Å². The van der Waals surface area contributed by atoms with E-state index in [2.05, 4.69) is 20.8 Å². The lowest BCUT2D eigenvalue weighted by Gasteiger charge is -2.20. The lowest BCUT2D eigenvalue weighted by atomic mass is 10.3. The fraction of sp³-hybridized carbons (Fsp3) is 0.900. The number of hydrogen-bond acceptors (Lipinski definition) is 3. The average molecular weight is 217 g/mol. The first-order valence-electron chi connectivity index (χ1n) is 4.98. The Kier molecular flexibility index (Phi) is 3.84. The molecule has 0 saturated carbocycles. The highest BCUT2D eigenvalue weighted by Crippen LogP contribution is 2.23. The van der Waals surface area contributed by atoms with E-state index in [9.17, 15) is 9.90 Å². The summed E-state index contributed by atoms with van der Waals surface area (Å²) in [4.78, 5) is 13.4. The van der Waals surface area contributed by atoms with Crippen LogP contribution in [-0.2, 0) is 4.79 Å². The third kappa shape index (κ3) is 3.88. The highest BCUT2D eigenvalue weighted by atomic mass is 32.2. The minimum Gasteiger partial charge on any atom is -0.391 e. The van der Waals surface area contributed by atoms with Crippen molar-refractivity contribution < 1.29 is 9.90 Å². The van der Waals surface area contributed by atoms with Gasteiger partial charge in [-0.3, -0.25) is 4.79 Å². The molecular weight excluding hydrogens is 198 g/mol. The van der Waals surface area contributed by atoms with Crippen LogP contribution in [-0.4, -0.2) is 45.6 Å². The van der Waals surface area contributed by atoms with Crippen molar-refractivity contribution in [1.29, 1.82) is 0 Å². The molecule has 1 rings (SSSR count). The van der Waals surface area contributed by atoms with E-state index < -0.39 is 0 Å². The van der Waals surface area contributed by atoms with E-state index in [4.69, 9.17) is 0 Å². The summed E-state index contributed by atoms with van der Waals surface area (Å²) in [5.74, 6) is 0.678. The van der Waals surface area contributed by atoms with Gasteiger partial charge in [-0.1, -0.05) is 20.8 Å². The number of likely N-dealkylation sites (tertiary alicyclic amines) is 1. The van der Waals surface area contributed by atoms with E-state index in [0.29, 0.717) is 18.8 Å². The number of thioether (sulfide) groups is 1. The van der Waals surface area contributed by atoms with Gasteiger partial charge in [-0.05, 0) is 6.42 Å². The molecule has 0 aromatic carbocycles. The van der Waals surface area contributed by atoms with Crippen LogP contribution in [0.2, 0.25) is 0 Å². The molecule has 14 heavy (non-hydrogen) atoms. The van der Waals surface area contributed by atoms with Gasteiger partial charge in [0.05, 0.1) is 11.9 Å². The third-order valence-corrected chi connectivity index (χ3v) is 3.40. The summed E-state index contributed by atoms with van der Waals surface area (Å²) in [5, 5.41) is 9.28. The van der Waals surface area contributed by atoms with E-state index >= 15 is 0 Å². The van der Waals surface area contributed by atoms with Crippen molar-refractivity contribution in [1.82, 2.24) is 4.90 Å². The number of rotatable bonds is 2. The topological polar surface area (TPSA) is 40.5 Å². The fourth-order valence-corrected chi connectivity index (χ4v) is 2.08. The molecule has 0 aromatic heterocycles. The second kappa shape index (κ2) is 4.53. The molecular formula is C10H19NO2S. The van der Waals surface area contributed by atoms with Gasteiger partial charge in [0.25, 0.3) is 0 Å². The van der Waals surface area contributed by atoms with Crippen molar-refractivity contribution in [2.45, 2.75) is 38.0 Å². The predicted molar refractivity (Wildman–Crippen MR) is 59.4 cm³/mol. The summed E-state index contributed by atoms with van der Waals surface area (Å²) in [6, 6.07) is 0. The first-order valence-corrected chi connectivity index (χ1v) is 5.97. The molecule has 1 amide bonds. The van der Waals surface area contributed by atoms with E-state index in [1.165, 1.54) is 0 Å². The highest BCUT2D eigenvalue weighted by Gasteiger charge is 2.25. The smallest absolute Gasteiger partial charge is 0.232 e. The monoisotopic (exact) mass is 217 g/mol. The van der Waals surface area contributed by atoms with Crippen LogP contribution in [0, 0.1) is 0 Å². The molecule has 0 spiro atoms. The number of amides is 1. The third-order valence-electron chi connectivity index (χ3n) is 2.14. The van der Waals surface area contributed by atoms with Crippen LogP contribution in [0.5, 0.6) is 0 Å². The van der Waals surface area contributed by atoms with Crippen LogP contribution in [0.4, 0.5) is 0 Å². The number of β-amino-alcohol motifs (C(OH)–C–C–N with tert-alkyl or cyclic N) is 1. The van der Waals surface area contributed by atoms with Gasteiger partial charge in [-0.2, -0.15) is 0 Å². The minimum absolute atomic E-state index is 0.133. The van der Waals surface area contributed by atoms with E-state index in [1.807, 2.05) is 0 Å². The van der Waals surface area contributed by atoms with Crippen LogP contribution < -0.4 is 0 Å². The number of aliphatic hydroxyl groups is 1. The first kappa shape index (κ1) is 11.9. The Morgan fingerprint density at radius 2 is 2.21 bits per heavy atom. The largest absolute Gasteiger partial charge is 0.391 e. The molecule has 1 aliphatic rings. The molecule has 1 fully saturated rings. The predicted octanol–water partition coefficient (Wildman–Crippen LogP) is 1.11. The molecule has 0 radical (unpaired) electrons. The van der Waals surface area contributed by atoms with E-state index in [-0.39, 0.29) is 16.8 Å². The van der Waals surface area contributed by atoms with Crippen LogP contribution in [0.3, 0.4) is 0 Å². The molecule has 82 valence electrons. The zero-order valence-electron chi connectivity index (χ0n) is 9.12.